The van der Waals surface area contributed by atoms with Crippen LogP contribution >= 0.6 is 15.9 Å². The Morgan fingerprint density at radius 3 is 2.72 bits per heavy atom. The van der Waals surface area contributed by atoms with Crippen LogP contribution in [0, 0.1) is 0 Å². The van der Waals surface area contributed by atoms with Crippen molar-refractivity contribution in [3.63, 3.8) is 0 Å². The van der Waals surface area contributed by atoms with Crippen LogP contribution in [0.15, 0.2) is 21.8 Å². The molecule has 1 aromatic rings. The molecule has 1 aromatic heterocycles. The summed E-state index contributed by atoms with van der Waals surface area (Å²) < 4.78 is 1.70. The molecular formula is C11H15BrN4O2. The van der Waals surface area contributed by atoms with Gasteiger partial charge in [-0.2, -0.15) is 0 Å². The fourth-order valence-corrected chi connectivity index (χ4v) is 2.18. The van der Waals surface area contributed by atoms with Crippen LogP contribution in [0.1, 0.15) is 0 Å². The smallest absolute Gasteiger partial charge is 0.268 e. The summed E-state index contributed by atoms with van der Waals surface area (Å²) in [4.78, 5) is 31.6. The molecule has 1 amide bonds. The first kappa shape index (κ1) is 13.2. The van der Waals surface area contributed by atoms with E-state index in [4.69, 9.17) is 0 Å². The molecule has 98 valence electrons. The summed E-state index contributed by atoms with van der Waals surface area (Å²) in [5.41, 5.74) is -0.229. The Hall–Kier alpha value is -1.21. The van der Waals surface area contributed by atoms with E-state index >= 15 is 0 Å². The van der Waals surface area contributed by atoms with E-state index in [9.17, 15) is 9.59 Å². The molecule has 0 atom stereocenters. The number of carbonyl (C=O) groups excluding carboxylic acids is 1. The molecular weight excluding hydrogens is 300 g/mol. The van der Waals surface area contributed by atoms with Gasteiger partial charge in [-0.15, -0.1) is 0 Å². The summed E-state index contributed by atoms with van der Waals surface area (Å²) in [6, 6.07) is 0. The highest BCUT2D eigenvalue weighted by atomic mass is 79.9. The highest BCUT2D eigenvalue weighted by molar-refractivity contribution is 9.10. The Morgan fingerprint density at radius 2 is 2.06 bits per heavy atom. The molecule has 1 aliphatic rings. The lowest BCUT2D eigenvalue weighted by atomic mass is 10.3. The second kappa shape index (κ2) is 5.62. The van der Waals surface area contributed by atoms with Gasteiger partial charge in [0.05, 0.1) is 6.33 Å². The molecule has 1 fully saturated rings. The van der Waals surface area contributed by atoms with Crippen molar-refractivity contribution >= 4 is 21.8 Å². The molecule has 1 saturated heterocycles. The monoisotopic (exact) mass is 314 g/mol. The molecule has 0 aliphatic carbocycles. The third-order valence-electron chi connectivity index (χ3n) is 3.02. The Morgan fingerprint density at radius 1 is 1.39 bits per heavy atom. The van der Waals surface area contributed by atoms with Crippen molar-refractivity contribution in [3.05, 3.63) is 27.4 Å². The van der Waals surface area contributed by atoms with Crippen LogP contribution < -0.4 is 5.56 Å². The van der Waals surface area contributed by atoms with Crippen LogP contribution in [0.3, 0.4) is 0 Å². The molecule has 0 unspecified atom stereocenters. The molecule has 0 saturated carbocycles. The minimum Gasteiger partial charge on any atom is -0.339 e. The van der Waals surface area contributed by atoms with Gasteiger partial charge in [0.1, 0.15) is 11.0 Å². The lowest BCUT2D eigenvalue weighted by Gasteiger charge is -2.32. The molecule has 1 aliphatic heterocycles. The maximum Gasteiger partial charge on any atom is 0.268 e. The first-order valence-electron chi connectivity index (χ1n) is 5.74. The molecule has 2 rings (SSSR count). The van der Waals surface area contributed by atoms with Gasteiger partial charge in [0, 0.05) is 32.4 Å². The van der Waals surface area contributed by atoms with Gasteiger partial charge in [0.15, 0.2) is 0 Å². The maximum absolute atomic E-state index is 12.0. The highest BCUT2D eigenvalue weighted by Crippen LogP contribution is 2.02. The van der Waals surface area contributed by atoms with Crippen molar-refractivity contribution in [2.75, 3.05) is 33.2 Å². The van der Waals surface area contributed by atoms with Gasteiger partial charge in [0.25, 0.3) is 5.56 Å². The lowest BCUT2D eigenvalue weighted by molar-refractivity contribution is -0.133. The predicted octanol–water partition coefficient (Wildman–Crippen LogP) is -0.220. The van der Waals surface area contributed by atoms with E-state index in [1.165, 1.54) is 17.1 Å². The molecule has 18 heavy (non-hydrogen) atoms. The number of likely N-dealkylation sites (N-methyl/N-ethyl adjacent to an activating group) is 1. The fraction of sp³-hybridized carbons (Fsp3) is 0.545. The summed E-state index contributed by atoms with van der Waals surface area (Å²) in [6.07, 6.45) is 2.82. The molecule has 0 spiro atoms. The summed E-state index contributed by atoms with van der Waals surface area (Å²) in [6.45, 7) is 3.22. The van der Waals surface area contributed by atoms with Crippen molar-refractivity contribution in [1.82, 2.24) is 19.4 Å². The zero-order valence-corrected chi connectivity index (χ0v) is 11.8. The van der Waals surface area contributed by atoms with Gasteiger partial charge >= 0.3 is 0 Å². The van der Waals surface area contributed by atoms with Crippen LogP contribution in [0.5, 0.6) is 0 Å². The van der Waals surface area contributed by atoms with Crippen LogP contribution in [-0.4, -0.2) is 58.5 Å². The average Bonchev–Trinajstić information content (AvgIpc) is 2.36. The zero-order chi connectivity index (χ0) is 13.1. The van der Waals surface area contributed by atoms with Crippen molar-refractivity contribution in [3.8, 4) is 0 Å². The first-order chi connectivity index (χ1) is 8.58. The third kappa shape index (κ3) is 2.97. The summed E-state index contributed by atoms with van der Waals surface area (Å²) in [5, 5.41) is 0. The molecule has 7 heteroatoms. The normalized spacial score (nSPS) is 16.9. The van der Waals surface area contributed by atoms with E-state index in [0.717, 1.165) is 13.1 Å². The van der Waals surface area contributed by atoms with E-state index in [2.05, 4.69) is 25.8 Å². The summed E-state index contributed by atoms with van der Waals surface area (Å²) in [5.74, 6) is -0.0369. The van der Waals surface area contributed by atoms with E-state index in [0.29, 0.717) is 17.6 Å². The SMILES string of the molecule is CN1CCN(C(=O)Cn2cncc(Br)c2=O)CC1. The Balaban J connectivity index is 2.03. The van der Waals surface area contributed by atoms with Gasteiger partial charge < -0.3 is 9.80 Å². The number of piperazine rings is 1. The number of hydrogen-bond acceptors (Lipinski definition) is 4. The number of amides is 1. The molecule has 0 radical (unpaired) electrons. The largest absolute Gasteiger partial charge is 0.339 e. The minimum absolute atomic E-state index is 0.0369. The average molecular weight is 315 g/mol. The number of halogens is 1. The maximum atomic E-state index is 12.0. The zero-order valence-electron chi connectivity index (χ0n) is 10.2. The van der Waals surface area contributed by atoms with E-state index < -0.39 is 0 Å². The fourth-order valence-electron chi connectivity index (χ4n) is 1.84. The number of rotatable bonds is 2. The lowest BCUT2D eigenvalue weighted by Crippen LogP contribution is -2.48. The third-order valence-corrected chi connectivity index (χ3v) is 3.56. The van der Waals surface area contributed by atoms with Gasteiger partial charge in [-0.25, -0.2) is 4.98 Å². The van der Waals surface area contributed by atoms with Crippen molar-refractivity contribution in [1.29, 1.82) is 0 Å². The van der Waals surface area contributed by atoms with E-state index in [-0.39, 0.29) is 18.0 Å². The Bertz CT molecular complexity index is 494. The van der Waals surface area contributed by atoms with Gasteiger partial charge in [-0.3, -0.25) is 14.2 Å². The van der Waals surface area contributed by atoms with Crippen LogP contribution in [0.25, 0.3) is 0 Å². The molecule has 0 N–H and O–H groups in total. The predicted molar refractivity (Wildman–Crippen MR) is 70.3 cm³/mol. The molecule has 2 heterocycles. The standard InChI is InChI=1S/C11H15BrN4O2/c1-14-2-4-15(5-3-14)10(17)7-16-8-13-6-9(12)11(16)18/h6,8H,2-5,7H2,1H3. The van der Waals surface area contributed by atoms with Gasteiger partial charge in [0.2, 0.25) is 5.91 Å². The second-order valence-corrected chi connectivity index (χ2v) is 5.21. The van der Waals surface area contributed by atoms with E-state index in [1.54, 1.807) is 4.90 Å². The Labute approximate surface area is 113 Å². The minimum atomic E-state index is -0.229. The van der Waals surface area contributed by atoms with Crippen LogP contribution in [0.2, 0.25) is 0 Å². The van der Waals surface area contributed by atoms with Gasteiger partial charge in [-0.05, 0) is 23.0 Å². The second-order valence-electron chi connectivity index (χ2n) is 4.36. The Kier molecular flexibility index (Phi) is 4.13. The topological polar surface area (TPSA) is 58.4 Å². The molecule has 0 aromatic carbocycles. The number of carbonyl (C=O) groups is 1. The summed E-state index contributed by atoms with van der Waals surface area (Å²) >= 11 is 3.11. The quantitative estimate of drug-likeness (QED) is 0.757. The van der Waals surface area contributed by atoms with E-state index in [1.807, 2.05) is 7.05 Å². The van der Waals surface area contributed by atoms with Crippen molar-refractivity contribution in [2.24, 2.45) is 0 Å². The van der Waals surface area contributed by atoms with Crippen LogP contribution in [-0.2, 0) is 11.3 Å². The van der Waals surface area contributed by atoms with Gasteiger partial charge in [-0.1, -0.05) is 0 Å². The van der Waals surface area contributed by atoms with Crippen LogP contribution in [0.4, 0.5) is 0 Å². The number of aromatic nitrogens is 2. The highest BCUT2D eigenvalue weighted by Gasteiger charge is 2.19. The summed E-state index contributed by atoms with van der Waals surface area (Å²) in [7, 11) is 2.03. The van der Waals surface area contributed by atoms with Crippen molar-refractivity contribution in [2.45, 2.75) is 6.54 Å². The molecule has 6 nitrogen and oxygen atoms in total. The van der Waals surface area contributed by atoms with Crippen molar-refractivity contribution < 1.29 is 4.79 Å². The molecule has 0 bridgehead atoms. The number of nitrogens with zero attached hydrogens (tertiary/aromatic N) is 4. The first-order valence-corrected chi connectivity index (χ1v) is 6.53. The number of hydrogen-bond donors (Lipinski definition) is 0.